The van der Waals surface area contributed by atoms with E-state index in [4.69, 9.17) is 0 Å². The van der Waals surface area contributed by atoms with Crippen LogP contribution >= 0.6 is 0 Å². The van der Waals surface area contributed by atoms with E-state index in [9.17, 15) is 4.79 Å². The van der Waals surface area contributed by atoms with Crippen LogP contribution in [0.3, 0.4) is 0 Å². The molecule has 4 heteroatoms. The van der Waals surface area contributed by atoms with Crippen LogP contribution in [0.4, 0.5) is 0 Å². The third-order valence-corrected chi connectivity index (χ3v) is 4.90. The van der Waals surface area contributed by atoms with Gasteiger partial charge in [-0.15, -0.1) is 0 Å². The Morgan fingerprint density at radius 2 is 2.09 bits per heavy atom. The van der Waals surface area contributed by atoms with Gasteiger partial charge in [-0.3, -0.25) is 4.79 Å². The number of hydrogen-bond donors (Lipinski definition) is 0. The number of amides is 1. The number of hydrogen-bond acceptors (Lipinski definition) is 2. The number of carbonyl (C=O) groups excluding carboxylic acids is 1. The molecular formula is C19H25N3O. The van der Waals surface area contributed by atoms with Gasteiger partial charge >= 0.3 is 0 Å². The largest absolute Gasteiger partial charge is 0.334 e. The zero-order valence-corrected chi connectivity index (χ0v) is 14.5. The second-order valence-electron chi connectivity index (χ2n) is 6.64. The topological polar surface area (TPSA) is 38.1 Å². The first-order valence-corrected chi connectivity index (χ1v) is 8.37. The summed E-state index contributed by atoms with van der Waals surface area (Å²) >= 11 is 0. The Kier molecular flexibility index (Phi) is 4.24. The molecule has 0 unspecified atom stereocenters. The predicted octanol–water partition coefficient (Wildman–Crippen LogP) is 3.67. The summed E-state index contributed by atoms with van der Waals surface area (Å²) in [5.41, 5.74) is 4.23. The normalized spacial score (nSPS) is 15.1. The summed E-state index contributed by atoms with van der Waals surface area (Å²) in [7, 11) is 1.87. The van der Waals surface area contributed by atoms with E-state index in [1.807, 2.05) is 13.2 Å². The van der Waals surface area contributed by atoms with Gasteiger partial charge in [0.1, 0.15) is 11.5 Å². The number of fused-ring (bicyclic) bond motifs is 1. The zero-order valence-electron chi connectivity index (χ0n) is 14.5. The van der Waals surface area contributed by atoms with E-state index < -0.39 is 0 Å². The maximum atomic E-state index is 12.8. The molecule has 122 valence electrons. The predicted molar refractivity (Wildman–Crippen MR) is 91.6 cm³/mol. The molecule has 0 saturated heterocycles. The van der Waals surface area contributed by atoms with E-state index >= 15 is 0 Å². The van der Waals surface area contributed by atoms with Crippen molar-refractivity contribution in [3.05, 3.63) is 52.6 Å². The molecule has 0 N–H and O–H groups in total. The van der Waals surface area contributed by atoms with Gasteiger partial charge in [0.15, 0.2) is 0 Å². The Bertz CT molecular complexity index is 709. The minimum atomic E-state index is -0.000579. The van der Waals surface area contributed by atoms with E-state index in [0.717, 1.165) is 18.8 Å². The lowest BCUT2D eigenvalue weighted by Crippen LogP contribution is -2.30. The number of nitrogens with zero attached hydrogens (tertiary/aromatic N) is 3. The number of benzene rings is 1. The van der Waals surface area contributed by atoms with Gasteiger partial charge in [-0.25, -0.2) is 4.98 Å². The SMILES string of the molecule is Cc1ccc([C@@H](C)N(C)C(=O)c2cn3c(n2)CCCC3)c(C)c1. The standard InChI is InChI=1S/C19H25N3O/c1-13-8-9-16(14(2)11-13)15(3)21(4)19(23)17-12-22-10-6-5-7-18(22)20-17/h8-9,11-12,15H,5-7,10H2,1-4H3/t15-/m1/s1. The third kappa shape index (κ3) is 3.03. The Morgan fingerprint density at radius 3 is 2.78 bits per heavy atom. The summed E-state index contributed by atoms with van der Waals surface area (Å²) < 4.78 is 2.13. The molecule has 2 heterocycles. The molecule has 0 aliphatic carbocycles. The highest BCUT2D eigenvalue weighted by atomic mass is 16.2. The van der Waals surface area contributed by atoms with Crippen LogP contribution < -0.4 is 0 Å². The van der Waals surface area contributed by atoms with Crippen LogP contribution in [-0.2, 0) is 13.0 Å². The van der Waals surface area contributed by atoms with Crippen molar-refractivity contribution >= 4 is 5.91 Å². The second kappa shape index (κ2) is 6.19. The van der Waals surface area contributed by atoms with Crippen LogP contribution in [-0.4, -0.2) is 27.4 Å². The molecule has 1 aromatic heterocycles. The summed E-state index contributed by atoms with van der Waals surface area (Å²) in [5, 5.41) is 0. The highest BCUT2D eigenvalue weighted by Crippen LogP contribution is 2.25. The summed E-state index contributed by atoms with van der Waals surface area (Å²) in [5.74, 6) is 1.05. The van der Waals surface area contributed by atoms with Gasteiger partial charge in [-0.2, -0.15) is 0 Å². The summed E-state index contributed by atoms with van der Waals surface area (Å²) in [6.45, 7) is 7.25. The Labute approximate surface area is 138 Å². The fourth-order valence-corrected chi connectivity index (χ4v) is 3.38. The molecular weight excluding hydrogens is 286 g/mol. The Morgan fingerprint density at radius 1 is 1.30 bits per heavy atom. The van der Waals surface area contributed by atoms with Crippen molar-refractivity contribution in [1.29, 1.82) is 0 Å². The lowest BCUT2D eigenvalue weighted by atomic mass is 9.99. The van der Waals surface area contributed by atoms with Crippen molar-refractivity contribution in [1.82, 2.24) is 14.5 Å². The van der Waals surface area contributed by atoms with Crippen molar-refractivity contribution in [3.63, 3.8) is 0 Å². The first-order chi connectivity index (χ1) is 11.0. The molecule has 1 aromatic carbocycles. The van der Waals surface area contributed by atoms with Crippen LogP contribution in [0.5, 0.6) is 0 Å². The average molecular weight is 311 g/mol. The molecule has 0 spiro atoms. The first-order valence-electron chi connectivity index (χ1n) is 8.37. The molecule has 3 rings (SSSR count). The summed E-state index contributed by atoms with van der Waals surface area (Å²) in [6.07, 6.45) is 5.23. The van der Waals surface area contributed by atoms with Gasteiger partial charge in [0.25, 0.3) is 5.91 Å². The molecule has 2 aromatic rings. The summed E-state index contributed by atoms with van der Waals surface area (Å²) in [6, 6.07) is 6.42. The van der Waals surface area contributed by atoms with Crippen LogP contribution in [0, 0.1) is 13.8 Å². The fraction of sp³-hybridized carbons (Fsp3) is 0.474. The van der Waals surface area contributed by atoms with Crippen molar-refractivity contribution in [2.75, 3.05) is 7.05 Å². The maximum Gasteiger partial charge on any atom is 0.274 e. The quantitative estimate of drug-likeness (QED) is 0.867. The lowest BCUT2D eigenvalue weighted by molar-refractivity contribution is 0.0736. The number of carbonyl (C=O) groups is 1. The minimum absolute atomic E-state index is 0.000579. The number of aryl methyl sites for hydroxylation is 4. The number of aromatic nitrogens is 2. The van der Waals surface area contributed by atoms with Gasteiger partial charge in [0.2, 0.25) is 0 Å². The molecule has 0 bridgehead atoms. The van der Waals surface area contributed by atoms with E-state index in [-0.39, 0.29) is 11.9 Å². The van der Waals surface area contributed by atoms with Gasteiger partial charge in [-0.1, -0.05) is 23.8 Å². The molecule has 0 fully saturated rings. The Hall–Kier alpha value is -2.10. The minimum Gasteiger partial charge on any atom is -0.334 e. The average Bonchev–Trinajstić information content (AvgIpc) is 2.97. The highest BCUT2D eigenvalue weighted by Gasteiger charge is 2.24. The van der Waals surface area contributed by atoms with Crippen LogP contribution in [0.2, 0.25) is 0 Å². The fourth-order valence-electron chi connectivity index (χ4n) is 3.38. The van der Waals surface area contributed by atoms with E-state index in [0.29, 0.717) is 5.69 Å². The summed E-state index contributed by atoms with van der Waals surface area (Å²) in [4.78, 5) is 19.2. The molecule has 4 nitrogen and oxygen atoms in total. The number of imidazole rings is 1. The van der Waals surface area contributed by atoms with Crippen LogP contribution in [0.15, 0.2) is 24.4 Å². The molecule has 23 heavy (non-hydrogen) atoms. The molecule has 1 atom stereocenters. The smallest absolute Gasteiger partial charge is 0.274 e. The molecule has 1 amide bonds. The van der Waals surface area contributed by atoms with Crippen molar-refractivity contribution < 1.29 is 4.79 Å². The van der Waals surface area contributed by atoms with Gasteiger partial charge in [-0.05, 0) is 44.7 Å². The van der Waals surface area contributed by atoms with Crippen LogP contribution in [0.25, 0.3) is 0 Å². The molecule has 0 radical (unpaired) electrons. The van der Waals surface area contributed by atoms with Gasteiger partial charge < -0.3 is 9.47 Å². The van der Waals surface area contributed by atoms with Gasteiger partial charge in [0, 0.05) is 26.2 Å². The van der Waals surface area contributed by atoms with Crippen LogP contribution in [0.1, 0.15) is 58.8 Å². The molecule has 1 aliphatic rings. The maximum absolute atomic E-state index is 12.8. The van der Waals surface area contributed by atoms with Crippen molar-refractivity contribution in [2.24, 2.45) is 0 Å². The highest BCUT2D eigenvalue weighted by molar-refractivity contribution is 5.92. The number of rotatable bonds is 3. The first kappa shape index (κ1) is 15.8. The Balaban J connectivity index is 1.82. The zero-order chi connectivity index (χ0) is 16.6. The van der Waals surface area contributed by atoms with E-state index in [1.165, 1.54) is 29.5 Å². The van der Waals surface area contributed by atoms with Gasteiger partial charge in [0.05, 0.1) is 6.04 Å². The molecule has 1 aliphatic heterocycles. The third-order valence-electron chi connectivity index (χ3n) is 4.90. The van der Waals surface area contributed by atoms with Crippen molar-refractivity contribution in [2.45, 2.75) is 52.6 Å². The monoisotopic (exact) mass is 311 g/mol. The second-order valence-corrected chi connectivity index (χ2v) is 6.64. The lowest BCUT2D eigenvalue weighted by Gasteiger charge is -2.26. The molecule has 0 saturated carbocycles. The van der Waals surface area contributed by atoms with E-state index in [2.05, 4.69) is 48.5 Å². The van der Waals surface area contributed by atoms with Crippen molar-refractivity contribution in [3.8, 4) is 0 Å². The van der Waals surface area contributed by atoms with E-state index in [1.54, 1.807) is 4.90 Å².